The standard InChI is InChI=1S/C55H63N3O11/c1-4-56-29-69-42-22-40(65-2)35-13-14-36-47-39(57-53(64)50(42)49(35)47)21-41-48(36)51(62)37(28-68-41)31-19-43(66-3)52(63)44(20-31)67-27-34(26-59)55-24-33(25-58-45(60)15-16-46(58)61)54(17-7-8-18-54)23-32(55)12-11-30-9-5-6-10-38(30)55/h5-6,9-10,15-16,19-22,32-34,37,51,53,56-57,59,62-64H,4,7-8,11-14,17-18,23-29H2,1-3H3. The molecule has 0 radical (unpaired) electrons. The highest BCUT2D eigenvalue weighted by atomic mass is 16.5. The average molecular weight is 942 g/mol. The first-order valence-electron chi connectivity index (χ1n) is 24.8. The van der Waals surface area contributed by atoms with Crippen molar-refractivity contribution in [3.8, 4) is 45.6 Å². The molecule has 0 aromatic heterocycles. The molecule has 14 heteroatoms. The van der Waals surface area contributed by atoms with Crippen LogP contribution >= 0.6 is 0 Å². The second kappa shape index (κ2) is 17.9. The number of benzene rings is 4. The maximum atomic E-state index is 13.1. The molecule has 7 aliphatic rings. The molecule has 0 saturated heterocycles. The summed E-state index contributed by atoms with van der Waals surface area (Å²) in [6.45, 7) is 3.29. The van der Waals surface area contributed by atoms with Crippen molar-refractivity contribution < 1.29 is 53.7 Å². The number of phenolic OH excluding ortho intramolecular Hbond substituents is 1. The summed E-state index contributed by atoms with van der Waals surface area (Å²) in [4.78, 5) is 27.6. The Morgan fingerprint density at radius 2 is 1.64 bits per heavy atom. The van der Waals surface area contributed by atoms with E-state index in [1.54, 1.807) is 19.2 Å². The van der Waals surface area contributed by atoms with Crippen molar-refractivity contribution in [1.29, 1.82) is 0 Å². The topological polar surface area (TPSA) is 189 Å². The zero-order valence-electron chi connectivity index (χ0n) is 39.6. The summed E-state index contributed by atoms with van der Waals surface area (Å²) in [6, 6.07) is 15.7. The normalized spacial score (nSPS) is 26.1. The third-order valence-corrected chi connectivity index (χ3v) is 17.3. The maximum Gasteiger partial charge on any atom is 0.253 e. The molecule has 69 heavy (non-hydrogen) atoms. The van der Waals surface area contributed by atoms with E-state index in [0.29, 0.717) is 72.0 Å². The molecular formula is C55H63N3O11. The number of aliphatic hydroxyl groups excluding tert-OH is 3. The summed E-state index contributed by atoms with van der Waals surface area (Å²) in [6.07, 6.45) is 9.69. The molecule has 11 rings (SSSR count). The highest BCUT2D eigenvalue weighted by Crippen LogP contribution is 2.65. The van der Waals surface area contributed by atoms with Crippen molar-refractivity contribution in [2.75, 3.05) is 59.2 Å². The van der Waals surface area contributed by atoms with Gasteiger partial charge in [0, 0.05) is 76.0 Å². The number of carbonyl (C=O) groups excluding carboxylic acids is 2. The molecule has 3 aliphatic heterocycles. The van der Waals surface area contributed by atoms with E-state index in [9.17, 15) is 30.0 Å². The lowest BCUT2D eigenvalue weighted by Gasteiger charge is -2.60. The van der Waals surface area contributed by atoms with Gasteiger partial charge in [-0.25, -0.2) is 0 Å². The van der Waals surface area contributed by atoms with Crippen molar-refractivity contribution in [2.24, 2.45) is 23.2 Å². The molecule has 0 bridgehead atoms. The van der Waals surface area contributed by atoms with E-state index in [-0.39, 0.29) is 72.9 Å². The number of aliphatic hydroxyl groups is 3. The molecular weight excluding hydrogens is 879 g/mol. The Balaban J connectivity index is 0.932. The number of aromatic hydroxyl groups is 1. The molecule has 364 valence electrons. The first-order chi connectivity index (χ1) is 33.5. The van der Waals surface area contributed by atoms with Crippen LogP contribution in [0, 0.1) is 23.2 Å². The highest BCUT2D eigenvalue weighted by molar-refractivity contribution is 6.12. The Morgan fingerprint density at radius 1 is 0.884 bits per heavy atom. The quantitative estimate of drug-likeness (QED) is 0.0426. The molecule has 4 aliphatic carbocycles. The number of hydrogen-bond acceptors (Lipinski definition) is 13. The van der Waals surface area contributed by atoms with Gasteiger partial charge in [0.2, 0.25) is 5.75 Å². The number of hydrogen-bond donors (Lipinski definition) is 6. The summed E-state index contributed by atoms with van der Waals surface area (Å²) in [5, 5.41) is 54.0. The predicted octanol–water partition coefficient (Wildman–Crippen LogP) is 7.13. The van der Waals surface area contributed by atoms with Crippen LogP contribution in [0.15, 0.2) is 60.7 Å². The molecule has 2 fully saturated rings. The van der Waals surface area contributed by atoms with Gasteiger partial charge in [-0.05, 0) is 110 Å². The molecule has 7 atom stereocenters. The zero-order chi connectivity index (χ0) is 47.8. The van der Waals surface area contributed by atoms with E-state index in [1.807, 2.05) is 19.1 Å². The van der Waals surface area contributed by atoms with E-state index >= 15 is 0 Å². The lowest BCUT2D eigenvalue weighted by atomic mass is 9.45. The summed E-state index contributed by atoms with van der Waals surface area (Å²) in [5.74, 6) is 0.548. The van der Waals surface area contributed by atoms with Gasteiger partial charge in [0.25, 0.3) is 11.8 Å². The van der Waals surface area contributed by atoms with Gasteiger partial charge in [-0.2, -0.15) is 0 Å². The van der Waals surface area contributed by atoms with Gasteiger partial charge >= 0.3 is 0 Å². The summed E-state index contributed by atoms with van der Waals surface area (Å²) < 4.78 is 31.1. The monoisotopic (exact) mass is 941 g/mol. The minimum absolute atomic E-state index is 0.0106. The fraction of sp³-hybridized carbons (Fsp3) is 0.491. The average Bonchev–Trinajstić information content (AvgIpc) is 3.96. The van der Waals surface area contributed by atoms with Crippen molar-refractivity contribution in [2.45, 2.75) is 94.8 Å². The molecule has 4 aromatic carbocycles. The lowest BCUT2D eigenvalue weighted by molar-refractivity contribution is -0.140. The second-order valence-electron chi connectivity index (χ2n) is 20.3. The fourth-order valence-electron chi connectivity index (χ4n) is 14.1. The Hall–Kier alpha value is -5.80. The molecule has 6 N–H and O–H groups in total. The SMILES string of the molecule is CCNCOc1cc(OC)c2c3c1C(O)Nc1cc4c(c(c1-3)CC2)C(O)C(c1cc(OC)c(O)c(OCC(CO)C23CC(CN5C(=O)C=CC5=O)C5(CCCC5)CC2CCc2ccccc23)c1)CO4. The van der Waals surface area contributed by atoms with Gasteiger partial charge in [-0.15, -0.1) is 0 Å². The number of fused-ring (bicyclic) bond motifs is 5. The van der Waals surface area contributed by atoms with Gasteiger partial charge in [0.1, 0.15) is 24.0 Å². The van der Waals surface area contributed by atoms with E-state index < -0.39 is 29.6 Å². The van der Waals surface area contributed by atoms with Crippen LogP contribution in [0.5, 0.6) is 34.5 Å². The summed E-state index contributed by atoms with van der Waals surface area (Å²) in [7, 11) is 3.11. The van der Waals surface area contributed by atoms with Crippen LogP contribution in [0.3, 0.4) is 0 Å². The van der Waals surface area contributed by atoms with Gasteiger partial charge in [-0.1, -0.05) is 44.0 Å². The van der Waals surface area contributed by atoms with Crippen molar-refractivity contribution >= 4 is 17.5 Å². The van der Waals surface area contributed by atoms with Crippen LogP contribution in [0.1, 0.15) is 109 Å². The number of carbonyl (C=O) groups is 2. The number of imide groups is 1. The minimum atomic E-state index is -1.06. The number of phenols is 1. The summed E-state index contributed by atoms with van der Waals surface area (Å²) in [5.41, 5.74) is 8.07. The van der Waals surface area contributed by atoms with Crippen molar-refractivity contribution in [3.63, 3.8) is 0 Å². The number of amides is 2. The van der Waals surface area contributed by atoms with Crippen LogP contribution in [0.4, 0.5) is 5.69 Å². The Morgan fingerprint density at radius 3 is 2.39 bits per heavy atom. The summed E-state index contributed by atoms with van der Waals surface area (Å²) >= 11 is 0. The Kier molecular flexibility index (Phi) is 11.8. The molecule has 3 heterocycles. The van der Waals surface area contributed by atoms with Crippen molar-refractivity contribution in [1.82, 2.24) is 10.2 Å². The lowest BCUT2D eigenvalue weighted by Crippen LogP contribution is -2.58. The number of rotatable bonds is 14. The van der Waals surface area contributed by atoms with Crippen LogP contribution < -0.4 is 34.3 Å². The second-order valence-corrected chi connectivity index (χ2v) is 20.3. The number of nitrogens with one attached hydrogen (secondary N) is 2. The van der Waals surface area contributed by atoms with Gasteiger partial charge in [0.05, 0.1) is 45.7 Å². The highest BCUT2D eigenvalue weighted by Gasteiger charge is 2.60. The van der Waals surface area contributed by atoms with Gasteiger partial charge in [0.15, 0.2) is 17.7 Å². The number of aryl methyl sites for hydroxylation is 1. The van der Waals surface area contributed by atoms with Crippen LogP contribution in [-0.4, -0.2) is 91.0 Å². The van der Waals surface area contributed by atoms with E-state index in [2.05, 4.69) is 34.9 Å². The largest absolute Gasteiger partial charge is 0.502 e. The van der Waals surface area contributed by atoms with E-state index in [0.717, 1.165) is 67.2 Å². The predicted molar refractivity (Wildman–Crippen MR) is 257 cm³/mol. The third kappa shape index (κ3) is 7.26. The first kappa shape index (κ1) is 45.6. The number of methoxy groups -OCH3 is 2. The minimum Gasteiger partial charge on any atom is -0.502 e. The number of ether oxygens (including phenoxy) is 5. The smallest absolute Gasteiger partial charge is 0.253 e. The van der Waals surface area contributed by atoms with E-state index in [1.165, 1.54) is 35.3 Å². The van der Waals surface area contributed by atoms with Crippen LogP contribution in [-0.2, 0) is 34.3 Å². The third-order valence-electron chi connectivity index (χ3n) is 17.3. The Bertz CT molecular complexity index is 2710. The van der Waals surface area contributed by atoms with Crippen LogP contribution in [0.25, 0.3) is 11.1 Å². The maximum absolute atomic E-state index is 13.1. The van der Waals surface area contributed by atoms with Crippen LogP contribution in [0.2, 0.25) is 0 Å². The molecule has 2 amide bonds. The van der Waals surface area contributed by atoms with Gasteiger partial charge < -0.3 is 49.4 Å². The Labute approximate surface area is 402 Å². The fourth-order valence-corrected chi connectivity index (χ4v) is 14.1. The van der Waals surface area contributed by atoms with Crippen molar-refractivity contribution in [3.05, 3.63) is 99.6 Å². The molecule has 7 unspecified atom stereocenters. The van der Waals surface area contributed by atoms with E-state index in [4.69, 9.17) is 23.7 Å². The molecule has 14 nitrogen and oxygen atoms in total. The molecule has 2 saturated carbocycles. The van der Waals surface area contributed by atoms with Gasteiger partial charge in [-0.3, -0.25) is 19.8 Å². The zero-order valence-corrected chi connectivity index (χ0v) is 39.6. The first-order valence-corrected chi connectivity index (χ1v) is 24.8. The number of nitrogens with zero attached hydrogens (tertiary/aromatic N) is 1. The number of anilines is 1. The molecule has 1 spiro atoms. The molecule has 4 aromatic rings.